The van der Waals surface area contributed by atoms with E-state index >= 15 is 0 Å². The molecular formula is C10H22O4S. The molecule has 0 rings (SSSR count). The van der Waals surface area contributed by atoms with Gasteiger partial charge in [-0.05, 0) is 19.3 Å². The zero-order chi connectivity index (χ0) is 11.9. The van der Waals surface area contributed by atoms with Crippen molar-refractivity contribution >= 4 is 10.1 Å². The molecule has 4 nitrogen and oxygen atoms in total. The lowest BCUT2D eigenvalue weighted by molar-refractivity contribution is 0.0743. The number of rotatable bonds is 8. The average molecular weight is 238 g/mol. The molecule has 1 N–H and O–H groups in total. The van der Waals surface area contributed by atoms with Crippen molar-refractivity contribution in [2.45, 2.75) is 52.6 Å². The monoisotopic (exact) mass is 238 g/mol. The fraction of sp³-hybridized carbons (Fsp3) is 1.00. The molecule has 92 valence electrons. The highest BCUT2D eigenvalue weighted by Crippen LogP contribution is 2.18. The Kier molecular flexibility index (Phi) is 7.13. The Morgan fingerprint density at radius 2 is 1.93 bits per heavy atom. The lowest BCUT2D eigenvalue weighted by Crippen LogP contribution is -2.18. The maximum absolute atomic E-state index is 10.4. The summed E-state index contributed by atoms with van der Waals surface area (Å²) in [5.41, 5.74) is 0. The highest BCUT2D eigenvalue weighted by molar-refractivity contribution is 7.85. The van der Waals surface area contributed by atoms with Crippen LogP contribution in [0.5, 0.6) is 0 Å². The Bertz CT molecular complexity index is 248. The summed E-state index contributed by atoms with van der Waals surface area (Å²) in [5.74, 6) is -0.0251. The van der Waals surface area contributed by atoms with Gasteiger partial charge in [0.1, 0.15) is 0 Å². The fourth-order valence-electron chi connectivity index (χ4n) is 1.64. The standard InChI is InChI=1S/C10H22O4S/c1-4-6-10(5-2)7-9(3)14-8-15(11,12)13/h9-10H,4-8H2,1-3H3,(H,11,12,13). The van der Waals surface area contributed by atoms with E-state index < -0.39 is 16.1 Å². The number of hydrogen-bond donors (Lipinski definition) is 1. The molecule has 2 unspecified atom stereocenters. The van der Waals surface area contributed by atoms with E-state index in [1.807, 2.05) is 6.92 Å². The summed E-state index contributed by atoms with van der Waals surface area (Å²) in [6.45, 7) is 6.09. The Morgan fingerprint density at radius 3 is 2.33 bits per heavy atom. The van der Waals surface area contributed by atoms with Crippen LogP contribution >= 0.6 is 0 Å². The third kappa shape index (κ3) is 8.84. The highest BCUT2D eigenvalue weighted by atomic mass is 32.2. The van der Waals surface area contributed by atoms with Crippen molar-refractivity contribution in [2.75, 3.05) is 5.94 Å². The van der Waals surface area contributed by atoms with Crippen LogP contribution in [0.3, 0.4) is 0 Å². The van der Waals surface area contributed by atoms with Gasteiger partial charge in [-0.2, -0.15) is 8.42 Å². The van der Waals surface area contributed by atoms with Crippen LogP contribution in [0, 0.1) is 5.92 Å². The fourth-order valence-corrected chi connectivity index (χ4v) is 2.04. The van der Waals surface area contributed by atoms with Crippen molar-refractivity contribution in [1.82, 2.24) is 0 Å². The second kappa shape index (κ2) is 7.19. The van der Waals surface area contributed by atoms with Crippen LogP contribution in [0.4, 0.5) is 0 Å². The molecule has 0 heterocycles. The van der Waals surface area contributed by atoms with E-state index in [4.69, 9.17) is 9.29 Å². The van der Waals surface area contributed by atoms with Gasteiger partial charge in [0.25, 0.3) is 10.1 Å². The molecule has 0 fully saturated rings. The normalized spacial score (nSPS) is 16.3. The van der Waals surface area contributed by atoms with Gasteiger partial charge >= 0.3 is 0 Å². The molecule has 0 saturated carbocycles. The SMILES string of the molecule is CCCC(CC)CC(C)OCS(=O)(=O)O. The zero-order valence-electron chi connectivity index (χ0n) is 9.77. The first-order valence-corrected chi connectivity index (χ1v) is 7.06. The summed E-state index contributed by atoms with van der Waals surface area (Å²) >= 11 is 0. The highest BCUT2D eigenvalue weighted by Gasteiger charge is 2.13. The van der Waals surface area contributed by atoms with E-state index in [1.165, 1.54) is 0 Å². The van der Waals surface area contributed by atoms with E-state index in [0.29, 0.717) is 5.92 Å². The van der Waals surface area contributed by atoms with Crippen LogP contribution < -0.4 is 0 Å². The van der Waals surface area contributed by atoms with Gasteiger partial charge in [-0.15, -0.1) is 0 Å². The molecular weight excluding hydrogens is 216 g/mol. The molecule has 15 heavy (non-hydrogen) atoms. The molecule has 0 radical (unpaired) electrons. The minimum absolute atomic E-state index is 0.122. The van der Waals surface area contributed by atoms with Crippen LogP contribution in [0.15, 0.2) is 0 Å². The molecule has 0 amide bonds. The summed E-state index contributed by atoms with van der Waals surface area (Å²) < 4.78 is 34.5. The molecule has 0 aliphatic carbocycles. The number of hydrogen-bond acceptors (Lipinski definition) is 3. The minimum Gasteiger partial charge on any atom is -0.360 e. The summed E-state index contributed by atoms with van der Waals surface area (Å²) in [4.78, 5) is 0. The zero-order valence-corrected chi connectivity index (χ0v) is 10.6. The van der Waals surface area contributed by atoms with Crippen LogP contribution in [-0.2, 0) is 14.9 Å². The van der Waals surface area contributed by atoms with Gasteiger partial charge < -0.3 is 4.74 Å². The summed E-state index contributed by atoms with van der Waals surface area (Å²) in [7, 11) is -4.00. The van der Waals surface area contributed by atoms with Crippen LogP contribution in [0.2, 0.25) is 0 Å². The predicted molar refractivity (Wildman–Crippen MR) is 60.3 cm³/mol. The lowest BCUT2D eigenvalue weighted by Gasteiger charge is -2.18. The van der Waals surface area contributed by atoms with E-state index in [2.05, 4.69) is 13.8 Å². The maximum atomic E-state index is 10.4. The van der Waals surface area contributed by atoms with Gasteiger partial charge in [0, 0.05) is 0 Å². The van der Waals surface area contributed by atoms with E-state index in [1.54, 1.807) is 0 Å². The van der Waals surface area contributed by atoms with Crippen molar-refractivity contribution < 1.29 is 17.7 Å². The molecule has 0 aromatic carbocycles. The molecule has 0 bridgehead atoms. The molecule has 0 aliphatic rings. The first kappa shape index (κ1) is 14.9. The molecule has 0 spiro atoms. The van der Waals surface area contributed by atoms with Gasteiger partial charge in [-0.3, -0.25) is 4.55 Å². The van der Waals surface area contributed by atoms with E-state index in [9.17, 15) is 8.42 Å². The molecule has 0 aromatic rings. The molecule has 2 atom stereocenters. The van der Waals surface area contributed by atoms with Crippen LogP contribution in [0.1, 0.15) is 46.5 Å². The third-order valence-corrected chi connectivity index (χ3v) is 2.87. The molecule has 0 saturated heterocycles. The Morgan fingerprint density at radius 1 is 1.33 bits per heavy atom. The second-order valence-electron chi connectivity index (χ2n) is 3.98. The largest absolute Gasteiger partial charge is 0.360 e. The van der Waals surface area contributed by atoms with Gasteiger partial charge in [-0.25, -0.2) is 0 Å². The smallest absolute Gasteiger partial charge is 0.289 e. The molecule has 0 aromatic heterocycles. The van der Waals surface area contributed by atoms with Gasteiger partial charge in [0.2, 0.25) is 0 Å². The quantitative estimate of drug-likeness (QED) is 0.660. The van der Waals surface area contributed by atoms with Crippen molar-refractivity contribution in [1.29, 1.82) is 0 Å². The molecule has 5 heteroatoms. The van der Waals surface area contributed by atoms with Crippen molar-refractivity contribution in [3.05, 3.63) is 0 Å². The first-order chi connectivity index (χ1) is 6.89. The maximum Gasteiger partial charge on any atom is 0.289 e. The second-order valence-corrected chi connectivity index (χ2v) is 5.38. The van der Waals surface area contributed by atoms with Crippen molar-refractivity contribution in [3.63, 3.8) is 0 Å². The van der Waals surface area contributed by atoms with Crippen molar-refractivity contribution in [3.8, 4) is 0 Å². The topological polar surface area (TPSA) is 63.6 Å². The van der Waals surface area contributed by atoms with E-state index in [-0.39, 0.29) is 6.10 Å². The molecule has 0 aliphatic heterocycles. The summed E-state index contributed by atoms with van der Waals surface area (Å²) in [6, 6.07) is 0. The van der Waals surface area contributed by atoms with Gasteiger partial charge in [0.05, 0.1) is 6.10 Å². The summed E-state index contributed by atoms with van der Waals surface area (Å²) in [5, 5.41) is 0. The van der Waals surface area contributed by atoms with Gasteiger partial charge in [-0.1, -0.05) is 33.1 Å². The Balaban J connectivity index is 3.85. The minimum atomic E-state index is -4.00. The van der Waals surface area contributed by atoms with Crippen LogP contribution in [-0.4, -0.2) is 25.0 Å². The average Bonchev–Trinajstić information content (AvgIpc) is 2.13. The van der Waals surface area contributed by atoms with Crippen LogP contribution in [0.25, 0.3) is 0 Å². The lowest BCUT2D eigenvalue weighted by atomic mass is 9.95. The van der Waals surface area contributed by atoms with E-state index in [0.717, 1.165) is 25.7 Å². The third-order valence-electron chi connectivity index (χ3n) is 2.44. The Labute approximate surface area is 92.8 Å². The number of ether oxygens (including phenoxy) is 1. The summed E-state index contributed by atoms with van der Waals surface area (Å²) in [6.07, 6.45) is 4.07. The first-order valence-electron chi connectivity index (χ1n) is 5.45. The Hall–Kier alpha value is -0.130. The predicted octanol–water partition coefficient (Wildman–Crippen LogP) is 2.45. The van der Waals surface area contributed by atoms with Crippen molar-refractivity contribution in [2.24, 2.45) is 5.92 Å². The van der Waals surface area contributed by atoms with Gasteiger partial charge in [0.15, 0.2) is 5.94 Å².